The molecule has 126 valence electrons. The quantitative estimate of drug-likeness (QED) is 0.606. The van der Waals surface area contributed by atoms with E-state index in [1.165, 1.54) is 13.0 Å². The Morgan fingerprint density at radius 3 is 2.78 bits per heavy atom. The van der Waals surface area contributed by atoms with Crippen molar-refractivity contribution in [1.29, 1.82) is 5.26 Å². The summed E-state index contributed by atoms with van der Waals surface area (Å²) in [4.78, 5) is 15.6. The Morgan fingerprint density at radius 2 is 2.22 bits per heavy atom. The number of alkyl halides is 3. The number of halogens is 3. The summed E-state index contributed by atoms with van der Waals surface area (Å²) in [6.07, 6.45) is -4.01. The monoisotopic (exact) mass is 347 g/mol. The fourth-order valence-corrected chi connectivity index (χ4v) is 2.59. The minimum absolute atomic E-state index is 0.0909. The fourth-order valence-electron chi connectivity index (χ4n) is 1.71. The lowest BCUT2D eigenvalue weighted by Crippen LogP contribution is -2.27. The molecule has 0 aliphatic carbocycles. The van der Waals surface area contributed by atoms with Crippen LogP contribution in [0, 0.1) is 18.3 Å². The van der Waals surface area contributed by atoms with E-state index in [9.17, 15) is 18.0 Å². The number of aryl methyl sites for hydroxylation is 1. The van der Waals surface area contributed by atoms with Gasteiger partial charge in [-0.05, 0) is 19.4 Å². The van der Waals surface area contributed by atoms with E-state index >= 15 is 0 Å². The average molecular weight is 347 g/mol. The predicted octanol–water partition coefficient (Wildman–Crippen LogP) is 2.53. The van der Waals surface area contributed by atoms with Crippen molar-refractivity contribution in [2.75, 3.05) is 26.0 Å². The Labute approximate surface area is 136 Å². The molecule has 0 unspecified atom stereocenters. The molecule has 1 aromatic heterocycles. The van der Waals surface area contributed by atoms with Gasteiger partial charge in [-0.15, -0.1) is 0 Å². The molecular weight excluding hydrogens is 331 g/mol. The molecule has 5 nitrogen and oxygen atoms in total. The third-order valence-electron chi connectivity index (χ3n) is 2.72. The van der Waals surface area contributed by atoms with Gasteiger partial charge in [0, 0.05) is 26.0 Å². The summed E-state index contributed by atoms with van der Waals surface area (Å²) >= 11 is 0.811. The van der Waals surface area contributed by atoms with E-state index in [4.69, 9.17) is 10.00 Å². The number of ether oxygens (including phenoxy) is 1. The first-order chi connectivity index (χ1) is 10.8. The lowest BCUT2D eigenvalue weighted by atomic mass is 10.1. The molecule has 0 saturated carbocycles. The van der Waals surface area contributed by atoms with Crippen molar-refractivity contribution in [3.8, 4) is 6.07 Å². The maximum atomic E-state index is 13.0. The van der Waals surface area contributed by atoms with Gasteiger partial charge < -0.3 is 10.1 Å². The van der Waals surface area contributed by atoms with Gasteiger partial charge in [0.05, 0.1) is 16.9 Å². The number of carbonyl (C=O) groups excluding carboxylic acids is 1. The van der Waals surface area contributed by atoms with Gasteiger partial charge in [-0.3, -0.25) is 4.79 Å². The molecule has 1 amide bonds. The van der Waals surface area contributed by atoms with Crippen LogP contribution < -0.4 is 5.32 Å². The first-order valence-electron chi connectivity index (χ1n) is 6.67. The number of hydrogen-bond acceptors (Lipinski definition) is 5. The lowest BCUT2D eigenvalue weighted by Gasteiger charge is -2.12. The number of aromatic nitrogens is 1. The highest BCUT2D eigenvalue weighted by molar-refractivity contribution is 8.00. The highest BCUT2D eigenvalue weighted by atomic mass is 32.2. The van der Waals surface area contributed by atoms with E-state index in [2.05, 4.69) is 10.3 Å². The lowest BCUT2D eigenvalue weighted by molar-refractivity contribution is -0.138. The van der Waals surface area contributed by atoms with Crippen LogP contribution in [0.5, 0.6) is 0 Å². The maximum Gasteiger partial charge on any atom is 0.417 e. The standard InChI is InChI=1S/C14H16F3N3O2S/c1-9-6-11(14(15,16)17)10(7-18)13(20-9)23-8-12(21)19-4-3-5-22-2/h6H,3-5,8H2,1-2H3,(H,19,21). The number of rotatable bonds is 7. The second-order valence-corrected chi connectivity index (χ2v) is 5.55. The van der Waals surface area contributed by atoms with Crippen molar-refractivity contribution in [2.45, 2.75) is 24.5 Å². The number of thioether (sulfide) groups is 1. The molecule has 0 radical (unpaired) electrons. The van der Waals surface area contributed by atoms with Crippen molar-refractivity contribution < 1.29 is 22.7 Å². The van der Waals surface area contributed by atoms with Crippen molar-refractivity contribution in [1.82, 2.24) is 10.3 Å². The molecular formula is C14H16F3N3O2S. The Hall–Kier alpha value is -1.79. The number of nitriles is 1. The number of pyridine rings is 1. The van der Waals surface area contributed by atoms with Gasteiger partial charge in [0.25, 0.3) is 0 Å². The normalized spacial score (nSPS) is 11.1. The zero-order valence-corrected chi connectivity index (χ0v) is 13.5. The van der Waals surface area contributed by atoms with Crippen LogP contribution in [-0.4, -0.2) is 36.9 Å². The number of nitrogens with one attached hydrogen (secondary N) is 1. The van der Waals surface area contributed by atoms with Crippen LogP contribution in [0.2, 0.25) is 0 Å². The zero-order chi connectivity index (χ0) is 17.5. The van der Waals surface area contributed by atoms with Gasteiger partial charge in [0.2, 0.25) is 5.91 Å². The summed E-state index contributed by atoms with van der Waals surface area (Å²) in [5.41, 5.74) is -1.45. The summed E-state index contributed by atoms with van der Waals surface area (Å²) in [6, 6.07) is 2.36. The second-order valence-electron chi connectivity index (χ2n) is 4.59. The highest BCUT2D eigenvalue weighted by Crippen LogP contribution is 2.35. The van der Waals surface area contributed by atoms with E-state index < -0.39 is 17.3 Å². The van der Waals surface area contributed by atoms with Crippen molar-refractivity contribution in [2.24, 2.45) is 0 Å². The number of carbonyl (C=O) groups is 1. The molecule has 1 heterocycles. The van der Waals surface area contributed by atoms with Crippen LogP contribution in [0.1, 0.15) is 23.2 Å². The molecule has 0 spiro atoms. The number of methoxy groups -OCH3 is 1. The summed E-state index contributed by atoms with van der Waals surface area (Å²) in [5, 5.41) is 11.5. The van der Waals surface area contributed by atoms with Crippen LogP contribution in [0.3, 0.4) is 0 Å². The third-order valence-corrected chi connectivity index (χ3v) is 3.69. The molecule has 0 aliphatic rings. The molecule has 9 heteroatoms. The second kappa shape index (κ2) is 8.74. The van der Waals surface area contributed by atoms with Crippen LogP contribution in [0.25, 0.3) is 0 Å². The summed E-state index contributed by atoms with van der Waals surface area (Å²) < 4.78 is 43.7. The molecule has 0 fully saturated rings. The van der Waals surface area contributed by atoms with Crippen molar-refractivity contribution >= 4 is 17.7 Å². The number of hydrogen-bond donors (Lipinski definition) is 1. The largest absolute Gasteiger partial charge is 0.417 e. The molecule has 0 saturated heterocycles. The SMILES string of the molecule is COCCCNC(=O)CSc1nc(C)cc(C(F)(F)F)c1C#N. The Morgan fingerprint density at radius 1 is 1.52 bits per heavy atom. The first-order valence-corrected chi connectivity index (χ1v) is 7.65. The van der Waals surface area contributed by atoms with Gasteiger partial charge in [-0.1, -0.05) is 11.8 Å². The Kier molecular flexibility index (Phi) is 7.32. The van der Waals surface area contributed by atoms with Crippen LogP contribution in [-0.2, 0) is 15.7 Å². The first kappa shape index (κ1) is 19.3. The van der Waals surface area contributed by atoms with Crippen LogP contribution >= 0.6 is 11.8 Å². The molecule has 23 heavy (non-hydrogen) atoms. The molecule has 1 N–H and O–H groups in total. The highest BCUT2D eigenvalue weighted by Gasteiger charge is 2.35. The van der Waals surface area contributed by atoms with Crippen molar-refractivity contribution in [3.63, 3.8) is 0 Å². The minimum atomic E-state index is -4.64. The zero-order valence-electron chi connectivity index (χ0n) is 12.7. The van der Waals surface area contributed by atoms with E-state index in [0.717, 1.165) is 17.8 Å². The van der Waals surface area contributed by atoms with E-state index in [0.29, 0.717) is 19.6 Å². The van der Waals surface area contributed by atoms with Crippen molar-refractivity contribution in [3.05, 3.63) is 22.9 Å². The van der Waals surface area contributed by atoms with Gasteiger partial charge in [0.15, 0.2) is 0 Å². The number of amides is 1. The summed E-state index contributed by atoms with van der Waals surface area (Å²) in [6.45, 7) is 2.32. The molecule has 0 bridgehead atoms. The average Bonchev–Trinajstić information content (AvgIpc) is 2.48. The van der Waals surface area contributed by atoms with E-state index in [1.54, 1.807) is 7.11 Å². The number of nitrogens with zero attached hydrogens (tertiary/aromatic N) is 2. The van der Waals surface area contributed by atoms with Crippen LogP contribution in [0.15, 0.2) is 11.1 Å². The van der Waals surface area contributed by atoms with Gasteiger partial charge >= 0.3 is 6.18 Å². The van der Waals surface area contributed by atoms with E-state index in [1.807, 2.05) is 0 Å². The fraction of sp³-hybridized carbons (Fsp3) is 0.500. The van der Waals surface area contributed by atoms with Crippen LogP contribution in [0.4, 0.5) is 13.2 Å². The third kappa shape index (κ3) is 6.08. The topological polar surface area (TPSA) is 75.0 Å². The molecule has 0 atom stereocenters. The van der Waals surface area contributed by atoms with Gasteiger partial charge in [0.1, 0.15) is 11.1 Å². The molecule has 0 aromatic carbocycles. The Bertz CT molecular complexity index is 600. The molecule has 1 aromatic rings. The minimum Gasteiger partial charge on any atom is -0.385 e. The van der Waals surface area contributed by atoms with Gasteiger partial charge in [-0.25, -0.2) is 4.98 Å². The summed E-state index contributed by atoms with van der Waals surface area (Å²) in [5.74, 6) is -0.457. The summed E-state index contributed by atoms with van der Waals surface area (Å²) in [7, 11) is 1.54. The molecule has 0 aliphatic heterocycles. The van der Waals surface area contributed by atoms with Gasteiger partial charge in [-0.2, -0.15) is 18.4 Å². The maximum absolute atomic E-state index is 13.0. The Balaban J connectivity index is 2.79. The van der Waals surface area contributed by atoms with E-state index in [-0.39, 0.29) is 22.4 Å². The smallest absolute Gasteiger partial charge is 0.385 e. The molecule has 1 rings (SSSR count). The predicted molar refractivity (Wildman–Crippen MR) is 78.9 cm³/mol.